The van der Waals surface area contributed by atoms with Crippen molar-refractivity contribution in [3.63, 3.8) is 0 Å². The van der Waals surface area contributed by atoms with Crippen molar-refractivity contribution < 1.29 is 0 Å². The average molecular weight is 323 g/mol. The molecular formula is C14H19BrN4. The predicted molar refractivity (Wildman–Crippen MR) is 79.0 cm³/mol. The first-order valence-corrected chi connectivity index (χ1v) is 7.72. The van der Waals surface area contributed by atoms with Gasteiger partial charge in [-0.15, -0.1) is 0 Å². The zero-order valence-corrected chi connectivity index (χ0v) is 12.8. The van der Waals surface area contributed by atoms with Gasteiger partial charge in [0, 0.05) is 25.0 Å². The molecule has 1 aliphatic rings. The summed E-state index contributed by atoms with van der Waals surface area (Å²) in [6, 6.07) is 2.63. The van der Waals surface area contributed by atoms with E-state index in [0.717, 1.165) is 22.6 Å². The molecule has 0 radical (unpaired) electrons. The van der Waals surface area contributed by atoms with E-state index in [1.807, 2.05) is 16.7 Å². The normalized spacial score (nSPS) is 17.4. The third-order valence-corrected chi connectivity index (χ3v) is 4.85. The van der Waals surface area contributed by atoms with Gasteiger partial charge in [0.2, 0.25) is 5.78 Å². The SMILES string of the molecule is CN(Cc1nc2ncccn2c1Br)C1CCCCC1. The Kier molecular flexibility index (Phi) is 3.84. The maximum absolute atomic E-state index is 4.61. The molecule has 2 aromatic rings. The van der Waals surface area contributed by atoms with Gasteiger partial charge < -0.3 is 0 Å². The molecule has 2 heterocycles. The highest BCUT2D eigenvalue weighted by Crippen LogP contribution is 2.25. The summed E-state index contributed by atoms with van der Waals surface area (Å²) in [6.45, 7) is 0.884. The van der Waals surface area contributed by atoms with E-state index in [-0.39, 0.29) is 0 Å². The first kappa shape index (κ1) is 13.1. The molecule has 0 aliphatic heterocycles. The van der Waals surface area contributed by atoms with Crippen LogP contribution in [0.4, 0.5) is 0 Å². The second kappa shape index (κ2) is 5.59. The highest BCUT2D eigenvalue weighted by Gasteiger charge is 2.20. The minimum Gasteiger partial charge on any atom is -0.297 e. The Hall–Kier alpha value is -0.940. The van der Waals surface area contributed by atoms with Gasteiger partial charge in [-0.3, -0.25) is 9.30 Å². The Bertz CT molecular complexity index is 560. The summed E-state index contributed by atoms with van der Waals surface area (Å²) in [6.07, 6.45) is 10.5. The van der Waals surface area contributed by atoms with Gasteiger partial charge in [0.1, 0.15) is 4.60 Å². The monoisotopic (exact) mass is 322 g/mol. The summed E-state index contributed by atoms with van der Waals surface area (Å²) in [7, 11) is 2.21. The van der Waals surface area contributed by atoms with E-state index in [2.05, 4.69) is 37.8 Å². The molecule has 0 amide bonds. The maximum atomic E-state index is 4.61. The second-order valence-corrected chi connectivity index (χ2v) is 6.10. The molecule has 102 valence electrons. The van der Waals surface area contributed by atoms with Crippen LogP contribution in [0.1, 0.15) is 37.8 Å². The van der Waals surface area contributed by atoms with Crippen molar-refractivity contribution in [2.45, 2.75) is 44.7 Å². The summed E-state index contributed by atoms with van der Waals surface area (Å²) in [4.78, 5) is 11.3. The van der Waals surface area contributed by atoms with Crippen molar-refractivity contribution in [3.8, 4) is 0 Å². The first-order valence-electron chi connectivity index (χ1n) is 6.93. The number of fused-ring (bicyclic) bond motifs is 1. The maximum Gasteiger partial charge on any atom is 0.234 e. The summed E-state index contributed by atoms with van der Waals surface area (Å²) in [5, 5.41) is 0. The Morgan fingerprint density at radius 3 is 2.89 bits per heavy atom. The lowest BCUT2D eigenvalue weighted by atomic mass is 9.94. The van der Waals surface area contributed by atoms with Gasteiger partial charge >= 0.3 is 0 Å². The highest BCUT2D eigenvalue weighted by atomic mass is 79.9. The van der Waals surface area contributed by atoms with Gasteiger partial charge in [0.25, 0.3) is 0 Å². The van der Waals surface area contributed by atoms with Crippen molar-refractivity contribution in [1.82, 2.24) is 19.3 Å². The zero-order valence-electron chi connectivity index (χ0n) is 11.2. The summed E-state index contributed by atoms with van der Waals surface area (Å²) >= 11 is 3.64. The van der Waals surface area contributed by atoms with Gasteiger partial charge in [-0.25, -0.2) is 9.97 Å². The molecule has 0 bridgehead atoms. The number of rotatable bonds is 3. The molecule has 4 nitrogen and oxygen atoms in total. The summed E-state index contributed by atoms with van der Waals surface area (Å²) in [5.41, 5.74) is 1.08. The van der Waals surface area contributed by atoms with Crippen molar-refractivity contribution in [1.29, 1.82) is 0 Å². The van der Waals surface area contributed by atoms with Crippen LogP contribution < -0.4 is 0 Å². The van der Waals surface area contributed by atoms with E-state index in [9.17, 15) is 0 Å². The van der Waals surface area contributed by atoms with E-state index < -0.39 is 0 Å². The van der Waals surface area contributed by atoms with Crippen LogP contribution in [0.2, 0.25) is 0 Å². The van der Waals surface area contributed by atoms with Crippen LogP contribution in [0.25, 0.3) is 5.78 Å². The van der Waals surface area contributed by atoms with Crippen LogP contribution in [-0.2, 0) is 6.54 Å². The molecule has 0 aromatic carbocycles. The Labute approximate surface area is 122 Å². The predicted octanol–water partition coefficient (Wildman–Crippen LogP) is 3.26. The van der Waals surface area contributed by atoms with Gasteiger partial charge in [-0.1, -0.05) is 19.3 Å². The molecule has 2 aromatic heterocycles. The van der Waals surface area contributed by atoms with E-state index in [1.165, 1.54) is 32.1 Å². The van der Waals surface area contributed by atoms with Crippen LogP contribution in [0.15, 0.2) is 23.1 Å². The topological polar surface area (TPSA) is 33.4 Å². The molecule has 1 saturated carbocycles. The molecule has 0 saturated heterocycles. The van der Waals surface area contributed by atoms with Gasteiger partial charge in [0.15, 0.2) is 0 Å². The third kappa shape index (κ3) is 2.67. The standard InChI is InChI=1S/C14H19BrN4/c1-18(11-6-3-2-4-7-11)10-12-13(15)19-9-5-8-16-14(19)17-12/h5,8-9,11H,2-4,6-7,10H2,1H3. The largest absolute Gasteiger partial charge is 0.297 e. The molecule has 1 fully saturated rings. The van der Waals surface area contributed by atoms with Crippen LogP contribution in [0, 0.1) is 0 Å². The molecule has 1 aliphatic carbocycles. The van der Waals surface area contributed by atoms with Crippen molar-refractivity contribution in [2.75, 3.05) is 7.05 Å². The molecule has 0 unspecified atom stereocenters. The summed E-state index contributed by atoms with van der Waals surface area (Å²) < 4.78 is 3.02. The number of hydrogen-bond acceptors (Lipinski definition) is 3. The van der Waals surface area contributed by atoms with Gasteiger partial charge in [-0.05, 0) is 41.9 Å². The number of aromatic nitrogens is 3. The van der Waals surface area contributed by atoms with Gasteiger partial charge in [-0.2, -0.15) is 0 Å². The molecule has 0 spiro atoms. The van der Waals surface area contributed by atoms with Crippen molar-refractivity contribution in [3.05, 3.63) is 28.8 Å². The molecule has 0 atom stereocenters. The van der Waals surface area contributed by atoms with Crippen LogP contribution >= 0.6 is 15.9 Å². The van der Waals surface area contributed by atoms with Crippen LogP contribution in [0.3, 0.4) is 0 Å². The Balaban J connectivity index is 1.78. The van der Waals surface area contributed by atoms with Crippen molar-refractivity contribution >= 4 is 21.7 Å². The average Bonchev–Trinajstić information content (AvgIpc) is 2.77. The minimum absolute atomic E-state index is 0.707. The summed E-state index contributed by atoms with van der Waals surface area (Å²) in [5.74, 6) is 0.765. The fourth-order valence-electron chi connectivity index (χ4n) is 2.89. The zero-order chi connectivity index (χ0) is 13.2. The van der Waals surface area contributed by atoms with E-state index in [0.29, 0.717) is 6.04 Å². The van der Waals surface area contributed by atoms with E-state index >= 15 is 0 Å². The molecule has 5 heteroatoms. The Morgan fingerprint density at radius 2 is 2.16 bits per heavy atom. The molecule has 0 N–H and O–H groups in total. The van der Waals surface area contributed by atoms with Gasteiger partial charge in [0.05, 0.1) is 5.69 Å². The van der Waals surface area contributed by atoms with Crippen LogP contribution in [0.5, 0.6) is 0 Å². The Morgan fingerprint density at radius 1 is 1.37 bits per heavy atom. The molecular weight excluding hydrogens is 304 g/mol. The van der Waals surface area contributed by atoms with E-state index in [1.54, 1.807) is 6.20 Å². The minimum atomic E-state index is 0.707. The highest BCUT2D eigenvalue weighted by molar-refractivity contribution is 9.10. The lowest BCUT2D eigenvalue weighted by Crippen LogP contribution is -2.33. The lowest BCUT2D eigenvalue weighted by molar-refractivity contribution is 0.182. The van der Waals surface area contributed by atoms with Crippen LogP contribution in [-0.4, -0.2) is 32.4 Å². The van der Waals surface area contributed by atoms with Crippen molar-refractivity contribution in [2.24, 2.45) is 0 Å². The number of halogens is 1. The quantitative estimate of drug-likeness (QED) is 0.869. The van der Waals surface area contributed by atoms with E-state index in [4.69, 9.17) is 0 Å². The molecule has 19 heavy (non-hydrogen) atoms. The lowest BCUT2D eigenvalue weighted by Gasteiger charge is -2.30. The smallest absolute Gasteiger partial charge is 0.234 e. The fraction of sp³-hybridized carbons (Fsp3) is 0.571. The fourth-order valence-corrected chi connectivity index (χ4v) is 3.38. The number of hydrogen-bond donors (Lipinski definition) is 0. The first-order chi connectivity index (χ1) is 9.25. The molecule has 3 rings (SSSR count). The number of imidazole rings is 1. The second-order valence-electron chi connectivity index (χ2n) is 5.35. The number of nitrogens with zero attached hydrogens (tertiary/aromatic N) is 4. The third-order valence-electron chi connectivity index (χ3n) is 4.01.